The molecular formula is C12H12FN3O2. The molecule has 2 aromatic rings. The first-order chi connectivity index (χ1) is 8.68. The van der Waals surface area contributed by atoms with Crippen molar-refractivity contribution in [2.75, 3.05) is 11.9 Å². The van der Waals surface area contributed by atoms with Crippen LogP contribution in [0.1, 0.15) is 10.4 Å². The summed E-state index contributed by atoms with van der Waals surface area (Å²) < 4.78 is 15.2. The number of carbonyl (C=O) groups is 1. The van der Waals surface area contributed by atoms with Gasteiger partial charge in [-0.15, -0.1) is 0 Å². The number of anilines is 1. The monoisotopic (exact) mass is 249 g/mol. The normalized spacial score (nSPS) is 10.3. The maximum atomic E-state index is 13.5. The van der Waals surface area contributed by atoms with Crippen molar-refractivity contribution in [1.82, 2.24) is 9.78 Å². The van der Waals surface area contributed by atoms with Crippen LogP contribution in [0, 0.1) is 5.82 Å². The molecule has 0 saturated carbocycles. The molecule has 0 spiro atoms. The number of hydrogen-bond acceptors (Lipinski definition) is 3. The minimum Gasteiger partial charge on any atom is -0.478 e. The van der Waals surface area contributed by atoms with Gasteiger partial charge in [-0.1, -0.05) is 6.07 Å². The zero-order valence-corrected chi connectivity index (χ0v) is 9.51. The molecule has 0 amide bonds. The largest absolute Gasteiger partial charge is 0.478 e. The Balaban J connectivity index is 2.06. The van der Waals surface area contributed by atoms with Crippen molar-refractivity contribution in [3.05, 3.63) is 48.0 Å². The standard InChI is InChI=1S/C12H12FN3O2/c13-10-4-1-3-9(12(17)18)11(10)14-6-8-16-7-2-5-15-16/h1-5,7,14H,6,8H2,(H,17,18). The van der Waals surface area contributed by atoms with Gasteiger partial charge in [0.2, 0.25) is 0 Å². The van der Waals surface area contributed by atoms with Crippen LogP contribution < -0.4 is 5.32 Å². The first kappa shape index (κ1) is 12.1. The Morgan fingerprint density at radius 2 is 2.28 bits per heavy atom. The Labute approximate surface area is 103 Å². The lowest BCUT2D eigenvalue weighted by Gasteiger charge is -2.10. The van der Waals surface area contributed by atoms with Crippen LogP contribution in [0.5, 0.6) is 0 Å². The smallest absolute Gasteiger partial charge is 0.337 e. The molecule has 0 aliphatic carbocycles. The van der Waals surface area contributed by atoms with Gasteiger partial charge in [-0.05, 0) is 18.2 Å². The second-order valence-corrected chi connectivity index (χ2v) is 3.66. The number of halogens is 1. The number of aromatic carboxylic acids is 1. The summed E-state index contributed by atoms with van der Waals surface area (Å²) in [6.45, 7) is 0.920. The zero-order chi connectivity index (χ0) is 13.0. The lowest BCUT2D eigenvalue weighted by atomic mass is 10.1. The van der Waals surface area contributed by atoms with Crippen molar-refractivity contribution in [3.63, 3.8) is 0 Å². The van der Waals surface area contributed by atoms with Crippen LogP contribution >= 0.6 is 0 Å². The Hall–Kier alpha value is -2.37. The lowest BCUT2D eigenvalue weighted by Crippen LogP contribution is -2.14. The number of aromatic nitrogens is 2. The molecule has 6 heteroatoms. The third-order valence-corrected chi connectivity index (χ3v) is 2.45. The van der Waals surface area contributed by atoms with E-state index >= 15 is 0 Å². The Kier molecular flexibility index (Phi) is 3.57. The van der Waals surface area contributed by atoms with E-state index in [-0.39, 0.29) is 11.3 Å². The number of nitrogens with zero attached hydrogens (tertiary/aromatic N) is 2. The molecule has 0 radical (unpaired) electrons. The zero-order valence-electron chi connectivity index (χ0n) is 9.51. The van der Waals surface area contributed by atoms with E-state index in [1.165, 1.54) is 18.2 Å². The fourth-order valence-corrected chi connectivity index (χ4v) is 1.61. The van der Waals surface area contributed by atoms with Gasteiger partial charge in [0.1, 0.15) is 5.82 Å². The quantitative estimate of drug-likeness (QED) is 0.848. The highest BCUT2D eigenvalue weighted by atomic mass is 19.1. The fraction of sp³-hybridized carbons (Fsp3) is 0.167. The molecule has 2 N–H and O–H groups in total. The minimum atomic E-state index is -1.16. The molecule has 94 valence electrons. The maximum Gasteiger partial charge on any atom is 0.337 e. The molecule has 1 heterocycles. The van der Waals surface area contributed by atoms with Crippen LogP contribution in [0.15, 0.2) is 36.7 Å². The number of nitrogens with one attached hydrogen (secondary N) is 1. The molecule has 0 aliphatic rings. The summed E-state index contributed by atoms with van der Waals surface area (Å²) in [5.41, 5.74) is -0.0624. The SMILES string of the molecule is O=C(O)c1cccc(F)c1NCCn1cccn1. The molecule has 1 aromatic carbocycles. The van der Waals surface area contributed by atoms with Crippen LogP contribution in [0.2, 0.25) is 0 Å². The van der Waals surface area contributed by atoms with Gasteiger partial charge in [-0.25, -0.2) is 9.18 Å². The van der Waals surface area contributed by atoms with Crippen LogP contribution in [0.3, 0.4) is 0 Å². The summed E-state index contributed by atoms with van der Waals surface area (Å²) in [6, 6.07) is 5.74. The number of benzene rings is 1. The highest BCUT2D eigenvalue weighted by molar-refractivity contribution is 5.94. The molecule has 5 nitrogen and oxygen atoms in total. The number of carboxylic acid groups (broad SMARTS) is 1. The number of rotatable bonds is 5. The fourth-order valence-electron chi connectivity index (χ4n) is 1.61. The summed E-state index contributed by atoms with van der Waals surface area (Å²) >= 11 is 0. The molecule has 0 saturated heterocycles. The summed E-state index contributed by atoms with van der Waals surface area (Å²) in [5.74, 6) is -1.73. The predicted octanol–water partition coefficient (Wildman–Crippen LogP) is 1.83. The molecule has 0 aliphatic heterocycles. The van der Waals surface area contributed by atoms with Gasteiger partial charge in [0.05, 0.1) is 17.8 Å². The number of para-hydroxylation sites is 1. The van der Waals surface area contributed by atoms with Crippen LogP contribution in [-0.2, 0) is 6.54 Å². The lowest BCUT2D eigenvalue weighted by molar-refractivity contribution is 0.0697. The second kappa shape index (κ2) is 5.31. The Morgan fingerprint density at radius 3 is 2.94 bits per heavy atom. The summed E-state index contributed by atoms with van der Waals surface area (Å²) in [6.07, 6.45) is 3.42. The highest BCUT2D eigenvalue weighted by Crippen LogP contribution is 2.19. The number of hydrogen-bond donors (Lipinski definition) is 2. The van der Waals surface area contributed by atoms with E-state index < -0.39 is 11.8 Å². The first-order valence-corrected chi connectivity index (χ1v) is 5.41. The van der Waals surface area contributed by atoms with Crippen molar-refractivity contribution in [2.24, 2.45) is 0 Å². The molecule has 1 aromatic heterocycles. The third kappa shape index (κ3) is 2.65. The van der Waals surface area contributed by atoms with Gasteiger partial charge in [0.15, 0.2) is 0 Å². The summed E-state index contributed by atoms with van der Waals surface area (Å²) in [4.78, 5) is 10.9. The van der Waals surface area contributed by atoms with E-state index in [1.54, 1.807) is 23.1 Å². The van der Waals surface area contributed by atoms with Gasteiger partial charge in [-0.3, -0.25) is 4.68 Å². The molecule has 0 fully saturated rings. The van der Waals surface area contributed by atoms with E-state index in [1.807, 2.05) is 0 Å². The van der Waals surface area contributed by atoms with E-state index in [0.29, 0.717) is 13.1 Å². The van der Waals surface area contributed by atoms with E-state index in [9.17, 15) is 9.18 Å². The van der Waals surface area contributed by atoms with Gasteiger partial charge in [0.25, 0.3) is 0 Å². The molecule has 0 unspecified atom stereocenters. The minimum absolute atomic E-state index is 0.0113. The first-order valence-electron chi connectivity index (χ1n) is 5.41. The van der Waals surface area contributed by atoms with Crippen molar-refractivity contribution >= 4 is 11.7 Å². The summed E-state index contributed by atoms with van der Waals surface area (Å²) in [5, 5.41) is 15.7. The molecule has 2 rings (SSSR count). The Morgan fingerprint density at radius 1 is 1.44 bits per heavy atom. The van der Waals surface area contributed by atoms with Crippen molar-refractivity contribution in [1.29, 1.82) is 0 Å². The van der Waals surface area contributed by atoms with Gasteiger partial charge < -0.3 is 10.4 Å². The maximum absolute atomic E-state index is 13.5. The average Bonchev–Trinajstić information content (AvgIpc) is 2.84. The topological polar surface area (TPSA) is 67.2 Å². The van der Waals surface area contributed by atoms with E-state index in [4.69, 9.17) is 5.11 Å². The highest BCUT2D eigenvalue weighted by Gasteiger charge is 2.13. The van der Waals surface area contributed by atoms with E-state index in [0.717, 1.165) is 0 Å². The van der Waals surface area contributed by atoms with Gasteiger partial charge in [0, 0.05) is 18.9 Å². The Bertz CT molecular complexity index is 540. The molecule has 0 bridgehead atoms. The molecular weight excluding hydrogens is 237 g/mol. The van der Waals surface area contributed by atoms with Crippen molar-refractivity contribution in [2.45, 2.75) is 6.54 Å². The van der Waals surface area contributed by atoms with Gasteiger partial charge >= 0.3 is 5.97 Å². The molecule has 18 heavy (non-hydrogen) atoms. The van der Waals surface area contributed by atoms with Crippen molar-refractivity contribution in [3.8, 4) is 0 Å². The number of carboxylic acids is 1. The van der Waals surface area contributed by atoms with Crippen LogP contribution in [0.25, 0.3) is 0 Å². The van der Waals surface area contributed by atoms with Crippen LogP contribution in [-0.4, -0.2) is 27.4 Å². The van der Waals surface area contributed by atoms with Gasteiger partial charge in [-0.2, -0.15) is 5.10 Å². The summed E-state index contributed by atoms with van der Waals surface area (Å²) in [7, 11) is 0. The molecule has 0 atom stereocenters. The van der Waals surface area contributed by atoms with Crippen LogP contribution in [0.4, 0.5) is 10.1 Å². The predicted molar refractivity (Wildman–Crippen MR) is 64.1 cm³/mol. The average molecular weight is 249 g/mol. The van der Waals surface area contributed by atoms with E-state index in [2.05, 4.69) is 10.4 Å². The second-order valence-electron chi connectivity index (χ2n) is 3.66. The third-order valence-electron chi connectivity index (χ3n) is 2.45. The van der Waals surface area contributed by atoms with Crippen molar-refractivity contribution < 1.29 is 14.3 Å².